The molecule has 0 radical (unpaired) electrons. The third kappa shape index (κ3) is 3.55. The molecule has 1 aromatic rings. The summed E-state index contributed by atoms with van der Waals surface area (Å²) in [6.45, 7) is 7.69. The second kappa shape index (κ2) is 6.18. The second-order valence-electron chi connectivity index (χ2n) is 5.17. The summed E-state index contributed by atoms with van der Waals surface area (Å²) < 4.78 is 24.5. The van der Waals surface area contributed by atoms with Crippen molar-refractivity contribution < 1.29 is 13.2 Å². The molecule has 0 aliphatic heterocycles. The van der Waals surface area contributed by atoms with Crippen LogP contribution in [0.15, 0.2) is 17.2 Å². The Hall–Kier alpha value is -1.01. The van der Waals surface area contributed by atoms with E-state index < -0.39 is 9.05 Å². The summed E-state index contributed by atoms with van der Waals surface area (Å²) in [5, 5.41) is 0. The summed E-state index contributed by atoms with van der Waals surface area (Å²) in [4.78, 5) is 14.0. The maximum Gasteiger partial charge on any atom is 0.270 e. The Morgan fingerprint density at radius 1 is 1.40 bits per heavy atom. The SMILES string of the molecule is CCC(C)N(C)C(=O)c1cc(S(=O)(=O)Cl)cn1C(C)C. The minimum atomic E-state index is -3.84. The second-order valence-corrected chi connectivity index (χ2v) is 7.74. The molecule has 1 atom stereocenters. The number of hydrogen-bond acceptors (Lipinski definition) is 3. The molecule has 1 heterocycles. The third-order valence-electron chi connectivity index (χ3n) is 3.45. The van der Waals surface area contributed by atoms with Crippen LogP contribution in [0.1, 0.15) is 50.6 Å². The molecule has 1 amide bonds. The predicted molar refractivity (Wildman–Crippen MR) is 79.7 cm³/mol. The number of halogens is 1. The highest BCUT2D eigenvalue weighted by Crippen LogP contribution is 2.23. The van der Waals surface area contributed by atoms with Crippen LogP contribution in [-0.2, 0) is 9.05 Å². The number of hydrogen-bond donors (Lipinski definition) is 0. The van der Waals surface area contributed by atoms with Gasteiger partial charge in [-0.3, -0.25) is 4.79 Å². The van der Waals surface area contributed by atoms with E-state index in [-0.39, 0.29) is 22.9 Å². The predicted octanol–water partition coefficient (Wildman–Crippen LogP) is 2.87. The summed E-state index contributed by atoms with van der Waals surface area (Å²) in [6, 6.07) is 1.38. The van der Waals surface area contributed by atoms with Crippen molar-refractivity contribution in [2.75, 3.05) is 7.05 Å². The van der Waals surface area contributed by atoms with Gasteiger partial charge >= 0.3 is 0 Å². The van der Waals surface area contributed by atoms with Crippen molar-refractivity contribution in [3.63, 3.8) is 0 Å². The number of carbonyl (C=O) groups is 1. The molecular formula is C13H21ClN2O3S. The Kier molecular flexibility index (Phi) is 5.27. The molecule has 1 unspecified atom stereocenters. The largest absolute Gasteiger partial charge is 0.340 e. The fourth-order valence-electron chi connectivity index (χ4n) is 1.84. The smallest absolute Gasteiger partial charge is 0.270 e. The average Bonchev–Trinajstić information content (AvgIpc) is 2.80. The van der Waals surface area contributed by atoms with Crippen LogP contribution in [0.2, 0.25) is 0 Å². The van der Waals surface area contributed by atoms with Crippen LogP contribution in [0.5, 0.6) is 0 Å². The zero-order valence-electron chi connectivity index (χ0n) is 12.4. The molecule has 0 saturated carbocycles. The van der Waals surface area contributed by atoms with Crippen LogP contribution in [0.4, 0.5) is 0 Å². The fraction of sp³-hybridized carbons (Fsp3) is 0.615. The van der Waals surface area contributed by atoms with Crippen molar-refractivity contribution in [3.05, 3.63) is 18.0 Å². The molecule has 0 fully saturated rings. The highest BCUT2D eigenvalue weighted by Gasteiger charge is 2.24. The first-order chi connectivity index (χ1) is 9.09. The molecule has 0 N–H and O–H groups in total. The van der Waals surface area contributed by atoms with Crippen LogP contribution in [0.3, 0.4) is 0 Å². The quantitative estimate of drug-likeness (QED) is 0.784. The molecule has 0 aromatic carbocycles. The van der Waals surface area contributed by atoms with E-state index in [0.29, 0.717) is 5.69 Å². The number of nitrogens with zero attached hydrogens (tertiary/aromatic N) is 2. The van der Waals surface area contributed by atoms with Crippen molar-refractivity contribution in [2.45, 2.75) is 51.1 Å². The Morgan fingerprint density at radius 2 is 1.95 bits per heavy atom. The highest BCUT2D eigenvalue weighted by atomic mass is 35.7. The van der Waals surface area contributed by atoms with Gasteiger partial charge < -0.3 is 9.47 Å². The fourth-order valence-corrected chi connectivity index (χ4v) is 2.59. The lowest BCUT2D eigenvalue weighted by Crippen LogP contribution is -2.35. The summed E-state index contributed by atoms with van der Waals surface area (Å²) in [6.07, 6.45) is 2.23. The molecule has 5 nitrogen and oxygen atoms in total. The van der Waals surface area contributed by atoms with E-state index >= 15 is 0 Å². The maximum atomic E-state index is 12.5. The minimum Gasteiger partial charge on any atom is -0.340 e. The van der Waals surface area contributed by atoms with Gasteiger partial charge in [-0.1, -0.05) is 6.92 Å². The van der Waals surface area contributed by atoms with Crippen molar-refractivity contribution in [1.29, 1.82) is 0 Å². The van der Waals surface area contributed by atoms with E-state index in [9.17, 15) is 13.2 Å². The van der Waals surface area contributed by atoms with Gasteiger partial charge in [0.05, 0.1) is 0 Å². The van der Waals surface area contributed by atoms with Crippen molar-refractivity contribution in [1.82, 2.24) is 9.47 Å². The van der Waals surface area contributed by atoms with E-state index in [1.54, 1.807) is 16.5 Å². The molecular weight excluding hydrogens is 300 g/mol. The molecule has 0 aliphatic rings. The first-order valence-corrected chi connectivity index (χ1v) is 8.84. The lowest BCUT2D eigenvalue weighted by Gasteiger charge is -2.25. The van der Waals surface area contributed by atoms with E-state index in [1.165, 1.54) is 12.3 Å². The van der Waals surface area contributed by atoms with Gasteiger partial charge in [-0.05, 0) is 33.3 Å². The molecule has 0 saturated heterocycles. The van der Waals surface area contributed by atoms with Gasteiger partial charge in [0.2, 0.25) is 0 Å². The van der Waals surface area contributed by atoms with Gasteiger partial charge in [0, 0.05) is 36.0 Å². The van der Waals surface area contributed by atoms with E-state index in [0.717, 1.165) is 6.42 Å². The number of rotatable bonds is 5. The van der Waals surface area contributed by atoms with E-state index in [4.69, 9.17) is 10.7 Å². The molecule has 1 rings (SSSR count). The zero-order chi connectivity index (χ0) is 15.7. The summed E-state index contributed by atoms with van der Waals surface area (Å²) in [5.74, 6) is -0.209. The first-order valence-electron chi connectivity index (χ1n) is 6.53. The Bertz CT molecular complexity index is 593. The van der Waals surface area contributed by atoms with Crippen molar-refractivity contribution in [3.8, 4) is 0 Å². The molecule has 114 valence electrons. The molecule has 20 heavy (non-hydrogen) atoms. The minimum absolute atomic E-state index is 0.0357. The van der Waals surface area contributed by atoms with Crippen LogP contribution in [0, 0.1) is 0 Å². The van der Waals surface area contributed by atoms with Gasteiger partial charge in [-0.2, -0.15) is 0 Å². The van der Waals surface area contributed by atoms with Crippen LogP contribution < -0.4 is 0 Å². The third-order valence-corrected chi connectivity index (χ3v) is 4.77. The normalized spacial score (nSPS) is 13.6. The van der Waals surface area contributed by atoms with E-state index in [1.807, 2.05) is 27.7 Å². The van der Waals surface area contributed by atoms with Crippen molar-refractivity contribution >= 4 is 25.6 Å². The van der Waals surface area contributed by atoms with Gasteiger partial charge in [0.25, 0.3) is 15.0 Å². The first kappa shape index (κ1) is 17.0. The number of amides is 1. The Labute approximate surface area is 124 Å². The summed E-state index contributed by atoms with van der Waals surface area (Å²) >= 11 is 0. The highest BCUT2D eigenvalue weighted by molar-refractivity contribution is 8.13. The van der Waals surface area contributed by atoms with Crippen LogP contribution >= 0.6 is 10.7 Å². The topological polar surface area (TPSA) is 59.4 Å². The van der Waals surface area contributed by atoms with E-state index in [2.05, 4.69) is 0 Å². The van der Waals surface area contributed by atoms with Crippen LogP contribution in [-0.4, -0.2) is 36.9 Å². The lowest BCUT2D eigenvalue weighted by molar-refractivity contribution is 0.0728. The molecule has 0 spiro atoms. The summed E-state index contributed by atoms with van der Waals surface area (Å²) in [7, 11) is 3.23. The maximum absolute atomic E-state index is 12.5. The molecule has 1 aromatic heterocycles. The van der Waals surface area contributed by atoms with Crippen molar-refractivity contribution in [2.24, 2.45) is 0 Å². The standard InChI is InChI=1S/C13H21ClN2O3S/c1-6-10(4)15(5)13(17)12-7-11(20(14,18)19)8-16(12)9(2)3/h7-10H,6H2,1-5H3. The Balaban J connectivity index is 3.30. The number of aromatic nitrogens is 1. The summed E-state index contributed by atoms with van der Waals surface area (Å²) in [5.41, 5.74) is 0.335. The van der Waals surface area contributed by atoms with Crippen LogP contribution in [0.25, 0.3) is 0 Å². The van der Waals surface area contributed by atoms with Gasteiger partial charge in [-0.15, -0.1) is 0 Å². The molecule has 0 bridgehead atoms. The van der Waals surface area contributed by atoms with Gasteiger partial charge in [0.1, 0.15) is 10.6 Å². The Morgan fingerprint density at radius 3 is 2.35 bits per heavy atom. The lowest BCUT2D eigenvalue weighted by atomic mass is 10.2. The monoisotopic (exact) mass is 320 g/mol. The number of carbonyl (C=O) groups excluding carboxylic acids is 1. The average molecular weight is 321 g/mol. The zero-order valence-corrected chi connectivity index (χ0v) is 14.0. The molecule has 0 aliphatic carbocycles. The van der Waals surface area contributed by atoms with Gasteiger partial charge in [-0.25, -0.2) is 8.42 Å². The van der Waals surface area contributed by atoms with Gasteiger partial charge in [0.15, 0.2) is 0 Å². The molecule has 7 heteroatoms.